The minimum absolute atomic E-state index is 0.0323. The van der Waals surface area contributed by atoms with Crippen LogP contribution in [-0.4, -0.2) is 48.9 Å². The number of likely N-dealkylation sites (tertiary alicyclic amines) is 1. The molecule has 0 amide bonds. The quantitative estimate of drug-likeness (QED) is 0.798. The van der Waals surface area contributed by atoms with Crippen molar-refractivity contribution in [2.24, 2.45) is 5.89 Å². The van der Waals surface area contributed by atoms with Crippen LogP contribution >= 0.6 is 0 Å². The third-order valence-electron chi connectivity index (χ3n) is 5.85. The molecule has 4 heteroatoms. The van der Waals surface area contributed by atoms with Crippen molar-refractivity contribution in [1.82, 2.24) is 4.90 Å². The fraction of sp³-hybridized carbons (Fsp3) is 0.556. The number of rotatable bonds is 1. The number of benzene rings is 1. The molecule has 116 valence electrons. The Morgan fingerprint density at radius 1 is 1.45 bits per heavy atom. The summed E-state index contributed by atoms with van der Waals surface area (Å²) in [5.74, 6) is 0.134. The topological polar surface area (TPSA) is 41.9 Å². The first-order chi connectivity index (χ1) is 11.4. The van der Waals surface area contributed by atoms with Crippen molar-refractivity contribution in [3.05, 3.63) is 35.4 Å². The largest absolute Gasteiger partial charge is 0.493 e. The molecule has 0 aromatic heterocycles. The van der Waals surface area contributed by atoms with Crippen LogP contribution in [0, 0.1) is 5.89 Å². The van der Waals surface area contributed by atoms with E-state index in [1.165, 1.54) is 0 Å². The lowest BCUT2D eigenvalue weighted by atomic mass is 9.53. The lowest BCUT2D eigenvalue weighted by molar-refractivity contribution is -0.0453. The van der Waals surface area contributed by atoms with Gasteiger partial charge in [0.2, 0.25) is 0 Å². The lowest BCUT2D eigenvalue weighted by Gasteiger charge is -2.56. The van der Waals surface area contributed by atoms with Gasteiger partial charge in [0.05, 0.1) is 8.48 Å². The minimum Gasteiger partial charge on any atom is -0.493 e. The van der Waals surface area contributed by atoms with E-state index in [0.717, 1.165) is 24.1 Å². The Kier molecular flexibility index (Phi) is 2.05. The Morgan fingerprint density at radius 2 is 2.32 bits per heavy atom. The molecule has 1 N–H and O–H groups in total. The second kappa shape index (κ2) is 4.06. The van der Waals surface area contributed by atoms with Gasteiger partial charge in [0.1, 0.15) is 12.2 Å². The first-order valence-electron chi connectivity index (χ1n) is 8.86. The molecule has 2 aliphatic carbocycles. The fourth-order valence-electron chi connectivity index (χ4n) is 4.85. The molecular weight excluding hydrogens is 278 g/mol. The predicted molar refractivity (Wildman–Crippen MR) is 82.5 cm³/mol. The molecule has 22 heavy (non-hydrogen) atoms. The van der Waals surface area contributed by atoms with Crippen molar-refractivity contribution < 1.29 is 17.3 Å². The maximum Gasteiger partial charge on any atom is 0.165 e. The molecule has 5 atom stereocenters. The summed E-state index contributed by atoms with van der Waals surface area (Å²) >= 11 is 0. The molecule has 1 aromatic carbocycles. The summed E-state index contributed by atoms with van der Waals surface area (Å²) in [6, 6.07) is 3.87. The zero-order chi connectivity index (χ0) is 16.9. The van der Waals surface area contributed by atoms with Gasteiger partial charge in [0, 0.05) is 24.3 Å². The summed E-state index contributed by atoms with van der Waals surface area (Å²) in [7, 11) is 3.63. The van der Waals surface area contributed by atoms with Crippen LogP contribution in [0.3, 0.4) is 0 Å². The van der Waals surface area contributed by atoms with E-state index in [4.69, 9.17) is 10.8 Å². The van der Waals surface area contributed by atoms with Crippen molar-refractivity contribution in [1.29, 1.82) is 0 Å². The van der Waals surface area contributed by atoms with Crippen LogP contribution in [0.25, 0.3) is 0 Å². The zero-order valence-corrected chi connectivity index (χ0v) is 12.8. The molecule has 0 saturated carbocycles. The summed E-state index contributed by atoms with van der Waals surface area (Å²) in [5, 5.41) is 10.7. The molecule has 0 radical (unpaired) electrons. The number of nitrogens with zero attached hydrogens (tertiary/aromatic N) is 1. The number of methoxy groups -OCH3 is 1. The Hall–Kier alpha value is -1.52. The fourth-order valence-corrected chi connectivity index (χ4v) is 4.85. The molecule has 1 spiro atoms. The van der Waals surface area contributed by atoms with Gasteiger partial charge in [-0.2, -0.15) is 0 Å². The van der Waals surface area contributed by atoms with Crippen LogP contribution in [0.4, 0.5) is 0 Å². The highest BCUT2D eigenvalue weighted by atomic mass is 16.5. The maximum absolute atomic E-state index is 10.7. The van der Waals surface area contributed by atoms with E-state index in [9.17, 15) is 6.48 Å². The molecule has 4 nitrogen and oxygen atoms in total. The van der Waals surface area contributed by atoms with Gasteiger partial charge in [-0.15, -0.1) is 0 Å². The van der Waals surface area contributed by atoms with Crippen LogP contribution in [0.5, 0.6) is 11.5 Å². The Morgan fingerprint density at radius 3 is 3.14 bits per heavy atom. The van der Waals surface area contributed by atoms with Crippen LogP contribution < -0.4 is 9.47 Å². The van der Waals surface area contributed by atoms with Gasteiger partial charge in [-0.25, -0.2) is 0 Å². The van der Waals surface area contributed by atoms with Crippen LogP contribution in [0.15, 0.2) is 24.3 Å². The van der Waals surface area contributed by atoms with E-state index in [2.05, 4.69) is 4.90 Å². The van der Waals surface area contributed by atoms with Gasteiger partial charge < -0.3 is 19.5 Å². The molecule has 2 bridgehead atoms. The van der Waals surface area contributed by atoms with Crippen LogP contribution in [0.1, 0.15) is 20.3 Å². The second-order valence-corrected chi connectivity index (χ2v) is 6.71. The molecule has 1 fully saturated rings. The third kappa shape index (κ3) is 1.28. The first kappa shape index (κ1) is 11.1. The van der Waals surface area contributed by atoms with E-state index < -0.39 is 23.5 Å². The Bertz CT molecular complexity index is 784. The standard InChI is InChI=1S/C18H21NO3/c1-19-8-7-18-11-4-5-13(20)17(18)22-16-14(21-2)6-3-10(15(16)18)9-12(11)19/h3-6,11-13,17,20H,7-9H2,1-2H3/t11-,12+,13?,17?,18-/m0/s1/i11D,17D. The molecule has 2 unspecified atom stereocenters. The molecule has 2 aliphatic heterocycles. The van der Waals surface area contributed by atoms with Crippen molar-refractivity contribution in [3.63, 3.8) is 0 Å². The molecular formula is C18H21NO3. The summed E-state index contributed by atoms with van der Waals surface area (Å²) in [6.45, 7) is 0.784. The summed E-state index contributed by atoms with van der Waals surface area (Å²) in [6.07, 6.45) is 2.09. The van der Waals surface area contributed by atoms with E-state index in [-0.39, 0.29) is 6.04 Å². The van der Waals surface area contributed by atoms with Gasteiger partial charge in [-0.1, -0.05) is 18.2 Å². The molecule has 1 saturated heterocycles. The number of aliphatic hydroxyl groups excluding tert-OH is 1. The number of likely N-dealkylation sites (N-methyl/N-ethyl adjacent to an activating group) is 1. The van der Waals surface area contributed by atoms with Gasteiger partial charge in [-0.3, -0.25) is 0 Å². The van der Waals surface area contributed by atoms with Crippen molar-refractivity contribution in [2.75, 3.05) is 20.7 Å². The molecule has 2 heterocycles. The SMILES string of the molecule is [2H]C12Oc3c(OC)ccc4c3[C@@]13CCN(C)[C@H](C4)[C@]3([2H])C=CC2O. The molecule has 1 aromatic rings. The van der Waals surface area contributed by atoms with Crippen molar-refractivity contribution in [3.8, 4) is 11.5 Å². The van der Waals surface area contributed by atoms with E-state index in [1.54, 1.807) is 13.2 Å². The average Bonchev–Trinajstić information content (AvgIpc) is 2.84. The van der Waals surface area contributed by atoms with E-state index >= 15 is 0 Å². The van der Waals surface area contributed by atoms with Gasteiger partial charge in [-0.05, 0) is 38.1 Å². The highest BCUT2D eigenvalue weighted by Gasteiger charge is 2.64. The third-order valence-corrected chi connectivity index (χ3v) is 5.85. The van der Waals surface area contributed by atoms with Gasteiger partial charge in [0.15, 0.2) is 11.5 Å². The molecule has 5 rings (SSSR count). The first-order valence-corrected chi connectivity index (χ1v) is 7.86. The minimum atomic E-state index is -1.59. The van der Waals surface area contributed by atoms with Gasteiger partial charge >= 0.3 is 0 Å². The number of hydrogen-bond donors (Lipinski definition) is 1. The Labute approximate surface area is 133 Å². The smallest absolute Gasteiger partial charge is 0.165 e. The van der Waals surface area contributed by atoms with Gasteiger partial charge in [0.25, 0.3) is 0 Å². The number of piperidine rings is 1. The highest BCUT2D eigenvalue weighted by molar-refractivity contribution is 5.62. The summed E-state index contributed by atoms with van der Waals surface area (Å²) in [5.41, 5.74) is 1.16. The predicted octanol–water partition coefficient (Wildman–Crippen LogP) is 1.50. The van der Waals surface area contributed by atoms with Crippen molar-refractivity contribution in [2.45, 2.75) is 36.5 Å². The average molecular weight is 301 g/mol. The Balaban J connectivity index is 1.91. The van der Waals surface area contributed by atoms with E-state index in [1.807, 2.05) is 25.3 Å². The zero-order valence-electron chi connectivity index (χ0n) is 14.8. The molecule has 4 aliphatic rings. The summed E-state index contributed by atoms with van der Waals surface area (Å²) < 4.78 is 30.0. The second-order valence-electron chi connectivity index (χ2n) is 6.71. The maximum atomic E-state index is 10.7. The van der Waals surface area contributed by atoms with Crippen molar-refractivity contribution >= 4 is 0 Å². The van der Waals surface area contributed by atoms with Crippen LogP contribution in [-0.2, 0) is 11.8 Å². The number of ether oxygens (including phenoxy) is 2. The lowest BCUT2D eigenvalue weighted by Crippen LogP contribution is -2.64. The number of aliphatic hydroxyl groups is 1. The van der Waals surface area contributed by atoms with Crippen LogP contribution in [0.2, 0.25) is 0 Å². The highest BCUT2D eigenvalue weighted by Crippen LogP contribution is 2.62. The van der Waals surface area contributed by atoms with E-state index in [0.29, 0.717) is 17.9 Å². The monoisotopic (exact) mass is 301 g/mol. The number of hydrogen-bond acceptors (Lipinski definition) is 4. The summed E-state index contributed by atoms with van der Waals surface area (Å²) in [4.78, 5) is 2.21. The normalized spacial score (nSPS) is 49.0.